The number of fused-ring (bicyclic) bond motifs is 1. The molecule has 6 nitrogen and oxygen atoms in total. The van der Waals surface area contributed by atoms with Gasteiger partial charge in [-0.25, -0.2) is 4.79 Å². The molecular formula is C18H26ClN3O3. The minimum Gasteiger partial charge on any atom is -0.492 e. The van der Waals surface area contributed by atoms with Crippen LogP contribution >= 0.6 is 11.6 Å². The summed E-state index contributed by atoms with van der Waals surface area (Å²) < 4.78 is 11.7. The molecule has 25 heavy (non-hydrogen) atoms. The van der Waals surface area contributed by atoms with Crippen molar-refractivity contribution in [1.82, 2.24) is 15.1 Å². The number of urea groups is 1. The van der Waals surface area contributed by atoms with E-state index in [0.717, 1.165) is 32.0 Å². The number of nitrogens with one attached hydrogen (secondary N) is 1. The molecule has 0 saturated carbocycles. The van der Waals surface area contributed by atoms with Crippen molar-refractivity contribution >= 4 is 17.6 Å². The molecule has 0 unspecified atom stereocenters. The largest absolute Gasteiger partial charge is 0.492 e. The lowest BCUT2D eigenvalue weighted by atomic mass is 9.93. The summed E-state index contributed by atoms with van der Waals surface area (Å²) in [7, 11) is 3.50. The number of halogens is 1. The summed E-state index contributed by atoms with van der Waals surface area (Å²) in [6, 6.07) is 7.38. The van der Waals surface area contributed by atoms with Gasteiger partial charge in [0.25, 0.3) is 0 Å². The molecular weight excluding hydrogens is 342 g/mol. The average molecular weight is 368 g/mol. The maximum atomic E-state index is 11.7. The number of benzene rings is 1. The van der Waals surface area contributed by atoms with Crippen molar-refractivity contribution in [3.63, 3.8) is 0 Å². The zero-order valence-electron chi connectivity index (χ0n) is 14.8. The van der Waals surface area contributed by atoms with E-state index in [1.807, 2.05) is 24.3 Å². The quantitative estimate of drug-likeness (QED) is 0.834. The summed E-state index contributed by atoms with van der Waals surface area (Å²) in [6.45, 7) is 4.86. The summed E-state index contributed by atoms with van der Waals surface area (Å²) >= 11 is 5.87. The van der Waals surface area contributed by atoms with Crippen LogP contribution < -0.4 is 10.1 Å². The van der Waals surface area contributed by atoms with Crippen LogP contribution in [0.2, 0.25) is 5.02 Å². The van der Waals surface area contributed by atoms with Gasteiger partial charge in [-0.15, -0.1) is 0 Å². The number of hydrogen-bond acceptors (Lipinski definition) is 4. The van der Waals surface area contributed by atoms with Crippen molar-refractivity contribution < 1.29 is 14.3 Å². The number of rotatable bonds is 6. The highest BCUT2D eigenvalue weighted by Crippen LogP contribution is 2.33. The predicted molar refractivity (Wildman–Crippen MR) is 97.2 cm³/mol. The van der Waals surface area contributed by atoms with Crippen LogP contribution in [0.5, 0.6) is 5.75 Å². The lowest BCUT2D eigenvalue weighted by Crippen LogP contribution is -2.39. The summed E-state index contributed by atoms with van der Waals surface area (Å²) in [4.78, 5) is 15.6. The van der Waals surface area contributed by atoms with Gasteiger partial charge in [-0.2, -0.15) is 0 Å². The van der Waals surface area contributed by atoms with Crippen molar-refractivity contribution in [2.75, 3.05) is 53.5 Å². The Bertz CT molecular complexity index is 581. The van der Waals surface area contributed by atoms with Crippen LogP contribution in [-0.4, -0.2) is 75.4 Å². The number of hydrogen-bond donors (Lipinski definition) is 1. The van der Waals surface area contributed by atoms with E-state index < -0.39 is 0 Å². The smallest absolute Gasteiger partial charge is 0.316 e. The first-order chi connectivity index (χ1) is 12.0. The monoisotopic (exact) mass is 367 g/mol. The minimum atomic E-state index is -0.0466. The van der Waals surface area contributed by atoms with E-state index in [9.17, 15) is 4.79 Å². The Morgan fingerprint density at radius 1 is 1.36 bits per heavy atom. The zero-order valence-corrected chi connectivity index (χ0v) is 15.5. The second kappa shape index (κ2) is 8.25. The SMILES string of the molecule is CN(C)C(=O)NC[C@@H]1CO[C@H]2CN(CCOc3ccc(Cl)cc3)C[C@@H]12. The van der Waals surface area contributed by atoms with Gasteiger partial charge >= 0.3 is 6.03 Å². The summed E-state index contributed by atoms with van der Waals surface area (Å²) in [6.07, 6.45) is 0.275. The van der Waals surface area contributed by atoms with Gasteiger partial charge in [0.05, 0.1) is 12.7 Å². The van der Waals surface area contributed by atoms with Crippen molar-refractivity contribution in [3.8, 4) is 5.75 Å². The molecule has 0 aliphatic carbocycles. The van der Waals surface area contributed by atoms with Crippen molar-refractivity contribution in [2.45, 2.75) is 6.10 Å². The molecule has 2 amide bonds. The molecule has 0 aromatic heterocycles. The van der Waals surface area contributed by atoms with E-state index >= 15 is 0 Å². The number of nitrogens with zero attached hydrogens (tertiary/aromatic N) is 2. The Hall–Kier alpha value is -1.50. The molecule has 3 rings (SSSR count). The van der Waals surface area contributed by atoms with Crippen LogP contribution in [0.25, 0.3) is 0 Å². The van der Waals surface area contributed by atoms with Gasteiger partial charge in [0, 0.05) is 57.1 Å². The van der Waals surface area contributed by atoms with Gasteiger partial charge in [-0.3, -0.25) is 4.90 Å². The first-order valence-electron chi connectivity index (χ1n) is 8.70. The van der Waals surface area contributed by atoms with E-state index in [1.165, 1.54) is 0 Å². The lowest BCUT2D eigenvalue weighted by molar-refractivity contribution is 0.0924. The lowest BCUT2D eigenvalue weighted by Gasteiger charge is -2.21. The summed E-state index contributed by atoms with van der Waals surface area (Å²) in [5, 5.41) is 3.69. The molecule has 0 spiro atoms. The number of ether oxygens (including phenoxy) is 2. The van der Waals surface area contributed by atoms with E-state index in [-0.39, 0.29) is 12.1 Å². The second-order valence-electron chi connectivity index (χ2n) is 6.94. The molecule has 3 atom stereocenters. The van der Waals surface area contributed by atoms with Gasteiger partial charge < -0.3 is 19.7 Å². The third-order valence-corrected chi connectivity index (χ3v) is 5.18. The van der Waals surface area contributed by atoms with Crippen molar-refractivity contribution in [3.05, 3.63) is 29.3 Å². The fourth-order valence-electron chi connectivity index (χ4n) is 3.47. The third-order valence-electron chi connectivity index (χ3n) is 4.93. The van der Waals surface area contributed by atoms with Crippen LogP contribution in [0.4, 0.5) is 4.79 Å². The highest BCUT2D eigenvalue weighted by atomic mass is 35.5. The van der Waals surface area contributed by atoms with E-state index in [4.69, 9.17) is 21.1 Å². The van der Waals surface area contributed by atoms with Gasteiger partial charge in [0.1, 0.15) is 12.4 Å². The highest BCUT2D eigenvalue weighted by Gasteiger charge is 2.43. The topological polar surface area (TPSA) is 54.0 Å². The second-order valence-corrected chi connectivity index (χ2v) is 7.37. The summed E-state index contributed by atoms with van der Waals surface area (Å²) in [5.74, 6) is 1.71. The number of carbonyl (C=O) groups excluding carboxylic acids is 1. The van der Waals surface area contributed by atoms with Gasteiger partial charge in [0.2, 0.25) is 0 Å². The number of carbonyl (C=O) groups is 1. The molecule has 7 heteroatoms. The van der Waals surface area contributed by atoms with Gasteiger partial charge in [-0.1, -0.05) is 11.6 Å². The van der Waals surface area contributed by atoms with Gasteiger partial charge in [-0.05, 0) is 24.3 Å². The maximum Gasteiger partial charge on any atom is 0.316 e. The first-order valence-corrected chi connectivity index (χ1v) is 9.08. The van der Waals surface area contributed by atoms with Crippen molar-refractivity contribution in [1.29, 1.82) is 0 Å². The highest BCUT2D eigenvalue weighted by molar-refractivity contribution is 6.30. The Morgan fingerprint density at radius 3 is 2.84 bits per heavy atom. The molecule has 1 aromatic carbocycles. The number of amides is 2. The van der Waals surface area contributed by atoms with Gasteiger partial charge in [0.15, 0.2) is 0 Å². The number of likely N-dealkylation sites (tertiary alicyclic amines) is 1. The average Bonchev–Trinajstić information content (AvgIpc) is 3.15. The van der Waals surface area contributed by atoms with Crippen LogP contribution in [0.15, 0.2) is 24.3 Å². The third kappa shape index (κ3) is 4.77. The Morgan fingerprint density at radius 2 is 2.12 bits per heavy atom. The Balaban J connectivity index is 1.40. The van der Waals surface area contributed by atoms with E-state index in [1.54, 1.807) is 19.0 Å². The first kappa shape index (κ1) is 18.3. The molecule has 2 saturated heterocycles. The molecule has 138 valence electrons. The Labute approximate surface area is 154 Å². The fourth-order valence-corrected chi connectivity index (χ4v) is 3.60. The maximum absolute atomic E-state index is 11.7. The zero-order chi connectivity index (χ0) is 17.8. The molecule has 0 radical (unpaired) electrons. The fraction of sp³-hybridized carbons (Fsp3) is 0.611. The van der Waals surface area contributed by atoms with E-state index in [2.05, 4.69) is 10.2 Å². The minimum absolute atomic E-state index is 0.0466. The van der Waals surface area contributed by atoms with Crippen LogP contribution in [0.1, 0.15) is 0 Å². The van der Waals surface area contributed by atoms with Crippen LogP contribution in [0.3, 0.4) is 0 Å². The molecule has 2 heterocycles. The molecule has 2 fully saturated rings. The normalized spacial score (nSPS) is 25.6. The molecule has 1 aromatic rings. The molecule has 2 aliphatic heterocycles. The van der Waals surface area contributed by atoms with E-state index in [0.29, 0.717) is 30.0 Å². The summed E-state index contributed by atoms with van der Waals surface area (Å²) in [5.41, 5.74) is 0. The van der Waals surface area contributed by atoms with Crippen LogP contribution in [0, 0.1) is 11.8 Å². The standard InChI is InChI=1S/C18H26ClN3O3/c1-21(2)18(23)20-9-13-12-25-17-11-22(10-16(13)17)7-8-24-15-5-3-14(19)4-6-15/h3-6,13,16-17H,7-12H2,1-2H3,(H,20,23)/t13-,16+,17+/m1/s1. The Kier molecular flexibility index (Phi) is 6.04. The molecule has 2 aliphatic rings. The van der Waals surface area contributed by atoms with Crippen molar-refractivity contribution in [2.24, 2.45) is 11.8 Å². The predicted octanol–water partition coefficient (Wildman–Crippen LogP) is 1.94. The molecule has 1 N–H and O–H groups in total. The molecule has 0 bridgehead atoms. The van der Waals surface area contributed by atoms with Crippen LogP contribution in [-0.2, 0) is 4.74 Å².